The summed E-state index contributed by atoms with van der Waals surface area (Å²) in [6, 6.07) is 5.19. The van der Waals surface area contributed by atoms with E-state index in [9.17, 15) is 4.79 Å². The number of benzene rings is 1. The van der Waals surface area contributed by atoms with E-state index in [2.05, 4.69) is 15.5 Å². The fourth-order valence-corrected chi connectivity index (χ4v) is 2.61. The van der Waals surface area contributed by atoms with Crippen molar-refractivity contribution in [3.63, 3.8) is 0 Å². The molecule has 0 aliphatic carbocycles. The van der Waals surface area contributed by atoms with Gasteiger partial charge in [-0.15, -0.1) is 10.2 Å². The number of rotatable bonds is 6. The van der Waals surface area contributed by atoms with Crippen molar-refractivity contribution in [2.45, 2.75) is 43.6 Å². The zero-order valence-corrected chi connectivity index (χ0v) is 16.1. The van der Waals surface area contributed by atoms with Gasteiger partial charge in [-0.3, -0.25) is 4.79 Å². The van der Waals surface area contributed by atoms with Crippen molar-refractivity contribution < 1.29 is 18.7 Å². The number of aromatic nitrogens is 2. The molecule has 0 spiro atoms. The molecular weight excluding hydrogens is 342 g/mol. The van der Waals surface area contributed by atoms with Crippen LogP contribution in [0.3, 0.4) is 0 Å². The maximum absolute atomic E-state index is 12.4. The summed E-state index contributed by atoms with van der Waals surface area (Å²) in [6.45, 7) is 7.74. The number of hydrogen-bond donors (Lipinski definition) is 1. The van der Waals surface area contributed by atoms with Gasteiger partial charge in [-0.05, 0) is 19.1 Å². The molecule has 1 N–H and O–H groups in total. The summed E-state index contributed by atoms with van der Waals surface area (Å²) in [5, 5.41) is 10.8. The zero-order chi connectivity index (χ0) is 18.6. The molecule has 7 nitrogen and oxygen atoms in total. The molecule has 1 aromatic carbocycles. The van der Waals surface area contributed by atoms with Gasteiger partial charge in [0.05, 0.1) is 19.5 Å². The van der Waals surface area contributed by atoms with E-state index in [0.29, 0.717) is 28.3 Å². The van der Waals surface area contributed by atoms with Crippen LogP contribution in [0.1, 0.15) is 33.6 Å². The highest BCUT2D eigenvalue weighted by Crippen LogP contribution is 2.31. The van der Waals surface area contributed by atoms with Crippen molar-refractivity contribution in [3.05, 3.63) is 24.1 Å². The number of ether oxygens (including phenoxy) is 2. The molecular formula is C17H23N3O4S. The molecule has 8 heteroatoms. The number of amides is 1. The van der Waals surface area contributed by atoms with Gasteiger partial charge in [0.15, 0.2) is 11.5 Å². The lowest BCUT2D eigenvalue weighted by Crippen LogP contribution is -2.22. The summed E-state index contributed by atoms with van der Waals surface area (Å²) < 4.78 is 16.0. The molecule has 0 aliphatic heterocycles. The third kappa shape index (κ3) is 4.88. The Morgan fingerprint density at radius 1 is 1.20 bits per heavy atom. The fourth-order valence-electron chi connectivity index (χ4n) is 1.92. The third-order valence-electron chi connectivity index (χ3n) is 3.35. The molecule has 0 radical (unpaired) electrons. The van der Waals surface area contributed by atoms with E-state index >= 15 is 0 Å². The molecule has 0 bridgehead atoms. The quantitative estimate of drug-likeness (QED) is 0.784. The number of thioether (sulfide) groups is 1. The summed E-state index contributed by atoms with van der Waals surface area (Å²) in [7, 11) is 3.11. The van der Waals surface area contributed by atoms with Crippen molar-refractivity contribution in [2.24, 2.45) is 0 Å². The lowest BCUT2D eigenvalue weighted by atomic mass is 9.97. The normalized spacial score (nSPS) is 12.6. The van der Waals surface area contributed by atoms with Gasteiger partial charge in [-0.1, -0.05) is 32.5 Å². The van der Waals surface area contributed by atoms with Gasteiger partial charge in [-0.25, -0.2) is 0 Å². The fraction of sp³-hybridized carbons (Fsp3) is 0.471. The largest absolute Gasteiger partial charge is 0.493 e. The minimum atomic E-state index is -0.402. The lowest BCUT2D eigenvalue weighted by molar-refractivity contribution is -0.115. The highest BCUT2D eigenvalue weighted by atomic mass is 32.2. The van der Waals surface area contributed by atoms with Gasteiger partial charge in [0, 0.05) is 17.2 Å². The molecule has 1 unspecified atom stereocenters. The molecule has 0 saturated heterocycles. The molecule has 136 valence electrons. The Bertz CT molecular complexity index is 740. The highest BCUT2D eigenvalue weighted by molar-refractivity contribution is 8.00. The Morgan fingerprint density at radius 3 is 2.44 bits per heavy atom. The van der Waals surface area contributed by atoms with Crippen LogP contribution in [-0.2, 0) is 10.2 Å². The molecule has 1 aromatic heterocycles. The molecule has 1 amide bonds. The van der Waals surface area contributed by atoms with E-state index in [-0.39, 0.29) is 11.3 Å². The first kappa shape index (κ1) is 19.1. The average Bonchev–Trinajstić information content (AvgIpc) is 3.03. The van der Waals surface area contributed by atoms with Crippen molar-refractivity contribution in [1.82, 2.24) is 10.2 Å². The number of methoxy groups -OCH3 is 2. The van der Waals surface area contributed by atoms with Crippen molar-refractivity contribution >= 4 is 23.4 Å². The first-order valence-electron chi connectivity index (χ1n) is 7.78. The first-order valence-corrected chi connectivity index (χ1v) is 8.66. The van der Waals surface area contributed by atoms with Crippen LogP contribution >= 0.6 is 11.8 Å². The number of nitrogens with zero attached hydrogens (tertiary/aromatic N) is 2. The molecule has 1 heterocycles. The van der Waals surface area contributed by atoms with E-state index in [1.54, 1.807) is 39.3 Å². The van der Waals surface area contributed by atoms with Gasteiger partial charge in [0.2, 0.25) is 11.8 Å². The van der Waals surface area contributed by atoms with Crippen molar-refractivity contribution in [1.29, 1.82) is 0 Å². The van der Waals surface area contributed by atoms with Crippen LogP contribution in [0.5, 0.6) is 11.5 Å². The number of carbonyl (C=O) groups is 1. The number of anilines is 1. The Labute approximate surface area is 151 Å². The first-order chi connectivity index (χ1) is 11.7. The summed E-state index contributed by atoms with van der Waals surface area (Å²) in [6.07, 6.45) is 0. The van der Waals surface area contributed by atoms with Crippen molar-refractivity contribution in [3.8, 4) is 11.5 Å². The maximum atomic E-state index is 12.4. The summed E-state index contributed by atoms with van der Waals surface area (Å²) in [5.74, 6) is 1.52. The molecule has 0 saturated carbocycles. The van der Waals surface area contributed by atoms with Crippen molar-refractivity contribution in [2.75, 3.05) is 19.5 Å². The van der Waals surface area contributed by atoms with Crippen LogP contribution in [0.15, 0.2) is 27.8 Å². The predicted molar refractivity (Wildman–Crippen MR) is 96.5 cm³/mol. The van der Waals surface area contributed by atoms with E-state index in [4.69, 9.17) is 13.9 Å². The van der Waals surface area contributed by atoms with Crippen LogP contribution < -0.4 is 14.8 Å². The van der Waals surface area contributed by atoms with Crippen LogP contribution in [-0.4, -0.2) is 35.6 Å². The van der Waals surface area contributed by atoms with Crippen LogP contribution in [0, 0.1) is 0 Å². The Balaban J connectivity index is 2.02. The number of nitrogens with one attached hydrogen (secondary N) is 1. The third-order valence-corrected chi connectivity index (χ3v) is 4.28. The average molecular weight is 365 g/mol. The second-order valence-electron chi connectivity index (χ2n) is 6.44. The summed E-state index contributed by atoms with van der Waals surface area (Å²) >= 11 is 1.22. The molecule has 2 rings (SSSR count). The van der Waals surface area contributed by atoms with Gasteiger partial charge in [0.1, 0.15) is 0 Å². The minimum Gasteiger partial charge on any atom is -0.493 e. The monoisotopic (exact) mass is 365 g/mol. The smallest absolute Gasteiger partial charge is 0.277 e. The number of carbonyl (C=O) groups excluding carboxylic acids is 1. The Morgan fingerprint density at radius 2 is 1.88 bits per heavy atom. The topological polar surface area (TPSA) is 86.5 Å². The zero-order valence-electron chi connectivity index (χ0n) is 15.2. The summed E-state index contributed by atoms with van der Waals surface area (Å²) in [4.78, 5) is 12.4. The molecule has 0 aliphatic rings. The van der Waals surface area contributed by atoms with Crippen LogP contribution in [0.2, 0.25) is 0 Å². The van der Waals surface area contributed by atoms with E-state index in [1.807, 2.05) is 20.8 Å². The highest BCUT2D eigenvalue weighted by Gasteiger charge is 2.24. The standard InChI is InChI=1S/C17H23N3O4S/c1-10(25-16-20-19-15(24-16)17(2,3)4)14(21)18-11-7-8-12(22-5)13(9-11)23-6/h7-10H,1-6H3,(H,18,21). The lowest BCUT2D eigenvalue weighted by Gasteiger charge is -2.13. The van der Waals surface area contributed by atoms with E-state index in [0.717, 1.165) is 0 Å². The SMILES string of the molecule is COc1ccc(NC(=O)C(C)Sc2nnc(C(C)(C)C)o2)cc1OC. The molecule has 2 aromatic rings. The van der Waals surface area contributed by atoms with Crippen LogP contribution in [0.4, 0.5) is 5.69 Å². The van der Waals surface area contributed by atoms with Gasteiger partial charge < -0.3 is 19.2 Å². The molecule has 0 fully saturated rings. The van der Waals surface area contributed by atoms with Gasteiger partial charge in [-0.2, -0.15) is 0 Å². The van der Waals surface area contributed by atoms with Gasteiger partial charge >= 0.3 is 0 Å². The molecule has 25 heavy (non-hydrogen) atoms. The maximum Gasteiger partial charge on any atom is 0.277 e. The second kappa shape index (κ2) is 7.77. The minimum absolute atomic E-state index is 0.173. The summed E-state index contributed by atoms with van der Waals surface area (Å²) in [5.41, 5.74) is 0.396. The molecule has 1 atom stereocenters. The Kier molecular flexibility index (Phi) is 5.94. The van der Waals surface area contributed by atoms with Crippen LogP contribution in [0.25, 0.3) is 0 Å². The van der Waals surface area contributed by atoms with E-state index < -0.39 is 5.25 Å². The van der Waals surface area contributed by atoms with E-state index in [1.165, 1.54) is 11.8 Å². The number of hydrogen-bond acceptors (Lipinski definition) is 7. The second-order valence-corrected chi connectivity index (χ2v) is 7.73. The Hall–Kier alpha value is -2.22. The predicted octanol–water partition coefficient (Wildman–Crippen LogP) is 3.50. The van der Waals surface area contributed by atoms with Gasteiger partial charge in [0.25, 0.3) is 5.22 Å².